The zero-order chi connectivity index (χ0) is 15.2. The fraction of sp³-hybridized carbons (Fsp3) is 0.533. The van der Waals surface area contributed by atoms with Gasteiger partial charge in [0, 0.05) is 19.2 Å². The van der Waals surface area contributed by atoms with Crippen molar-refractivity contribution in [1.82, 2.24) is 0 Å². The largest absolute Gasteiger partial charge is 0.482 e. The summed E-state index contributed by atoms with van der Waals surface area (Å²) < 4.78 is 5.32. The summed E-state index contributed by atoms with van der Waals surface area (Å²) in [6, 6.07) is 3.52. The van der Waals surface area contributed by atoms with Gasteiger partial charge in [-0.1, -0.05) is 13.3 Å². The Morgan fingerprint density at radius 1 is 1.48 bits per heavy atom. The van der Waals surface area contributed by atoms with E-state index in [1.807, 2.05) is 0 Å². The average molecular weight is 293 g/mol. The monoisotopic (exact) mass is 293 g/mol. The first-order valence-corrected chi connectivity index (χ1v) is 7.35. The van der Waals surface area contributed by atoms with Crippen molar-refractivity contribution in [2.75, 3.05) is 36.1 Å². The molecule has 0 fully saturated rings. The van der Waals surface area contributed by atoms with E-state index in [1.54, 1.807) is 12.1 Å². The van der Waals surface area contributed by atoms with Gasteiger partial charge in [0.05, 0.1) is 17.1 Å². The van der Waals surface area contributed by atoms with E-state index in [4.69, 9.17) is 15.6 Å². The van der Waals surface area contributed by atoms with Gasteiger partial charge in [0.2, 0.25) is 0 Å². The van der Waals surface area contributed by atoms with Gasteiger partial charge in [-0.15, -0.1) is 0 Å². The molecule has 0 radical (unpaired) electrons. The number of fused-ring (bicyclic) bond motifs is 1. The first kappa shape index (κ1) is 15.4. The molecule has 0 spiro atoms. The molecular formula is C15H23N3O3. The van der Waals surface area contributed by atoms with Crippen molar-refractivity contribution in [2.45, 2.75) is 26.2 Å². The van der Waals surface area contributed by atoms with E-state index >= 15 is 0 Å². The van der Waals surface area contributed by atoms with Gasteiger partial charge in [-0.25, -0.2) is 0 Å². The number of rotatable bonds is 7. The smallest absolute Gasteiger partial charge is 0.262 e. The Morgan fingerprint density at radius 2 is 2.29 bits per heavy atom. The first-order chi connectivity index (χ1) is 10.1. The van der Waals surface area contributed by atoms with E-state index in [1.165, 1.54) is 0 Å². The third kappa shape index (κ3) is 4.01. The van der Waals surface area contributed by atoms with Crippen LogP contribution in [0.1, 0.15) is 26.2 Å². The highest BCUT2D eigenvalue weighted by Gasteiger charge is 2.18. The van der Waals surface area contributed by atoms with Crippen molar-refractivity contribution >= 4 is 23.0 Å². The quantitative estimate of drug-likeness (QED) is 0.575. The summed E-state index contributed by atoms with van der Waals surface area (Å²) in [6.45, 7) is 3.08. The molecule has 0 bridgehead atoms. The first-order valence-electron chi connectivity index (χ1n) is 7.35. The highest BCUT2D eigenvalue weighted by molar-refractivity contribution is 5.97. The Morgan fingerprint density at radius 3 is 3.00 bits per heavy atom. The van der Waals surface area contributed by atoms with Gasteiger partial charge >= 0.3 is 0 Å². The zero-order valence-electron chi connectivity index (χ0n) is 12.3. The van der Waals surface area contributed by atoms with Crippen LogP contribution in [0, 0.1) is 5.92 Å². The lowest BCUT2D eigenvalue weighted by Crippen LogP contribution is -2.25. The van der Waals surface area contributed by atoms with Crippen LogP contribution in [-0.2, 0) is 4.79 Å². The normalized spacial score (nSPS) is 14.9. The summed E-state index contributed by atoms with van der Waals surface area (Å²) in [5.41, 5.74) is 8.01. The second-order valence-corrected chi connectivity index (χ2v) is 5.32. The van der Waals surface area contributed by atoms with E-state index in [9.17, 15) is 4.79 Å². The van der Waals surface area contributed by atoms with E-state index in [2.05, 4.69) is 17.6 Å². The van der Waals surface area contributed by atoms with Gasteiger partial charge in [0.15, 0.2) is 6.61 Å². The number of nitrogen functional groups attached to an aromatic ring is 1. The molecule has 1 aliphatic rings. The van der Waals surface area contributed by atoms with Crippen molar-refractivity contribution in [3.05, 3.63) is 12.1 Å². The van der Waals surface area contributed by atoms with Crippen LogP contribution in [0.4, 0.5) is 17.1 Å². The lowest BCUT2D eigenvalue weighted by Gasteiger charge is -2.22. The van der Waals surface area contributed by atoms with Gasteiger partial charge in [-0.05, 0) is 24.8 Å². The van der Waals surface area contributed by atoms with Gasteiger partial charge in [0.25, 0.3) is 5.91 Å². The Labute approximate surface area is 124 Å². The number of nitrogens with two attached hydrogens (primary N) is 1. The highest BCUT2D eigenvalue weighted by Crippen LogP contribution is 2.35. The minimum atomic E-state index is -0.164. The molecule has 6 heteroatoms. The summed E-state index contributed by atoms with van der Waals surface area (Å²) >= 11 is 0. The molecule has 1 aromatic carbocycles. The lowest BCUT2D eigenvalue weighted by atomic mass is 10.00. The molecule has 1 unspecified atom stereocenters. The number of benzene rings is 1. The Bertz CT molecular complexity index is 499. The number of aliphatic hydroxyl groups is 1. The summed E-state index contributed by atoms with van der Waals surface area (Å²) in [6.07, 6.45) is 2.90. The van der Waals surface area contributed by atoms with Gasteiger partial charge in [-0.2, -0.15) is 0 Å². The number of carbonyl (C=O) groups is 1. The number of hydrogen-bond acceptors (Lipinski definition) is 5. The van der Waals surface area contributed by atoms with Crippen molar-refractivity contribution in [3.8, 4) is 5.75 Å². The molecule has 2 rings (SSSR count). The van der Waals surface area contributed by atoms with Gasteiger partial charge < -0.3 is 26.2 Å². The third-order valence-electron chi connectivity index (χ3n) is 3.60. The van der Waals surface area contributed by atoms with Crippen LogP contribution in [0.25, 0.3) is 0 Å². The maximum Gasteiger partial charge on any atom is 0.262 e. The molecule has 0 saturated heterocycles. The number of anilines is 3. The molecular weight excluding hydrogens is 270 g/mol. The minimum Gasteiger partial charge on any atom is -0.482 e. The minimum absolute atomic E-state index is 0.0221. The maximum absolute atomic E-state index is 11.3. The third-order valence-corrected chi connectivity index (χ3v) is 3.60. The molecule has 1 aliphatic heterocycles. The molecule has 5 N–H and O–H groups in total. The summed E-state index contributed by atoms with van der Waals surface area (Å²) in [4.78, 5) is 11.3. The van der Waals surface area contributed by atoms with Crippen molar-refractivity contribution in [2.24, 2.45) is 5.92 Å². The molecule has 0 saturated carbocycles. The molecule has 1 atom stereocenters. The average Bonchev–Trinajstić information content (AvgIpc) is 2.45. The molecule has 1 amide bonds. The highest BCUT2D eigenvalue weighted by atomic mass is 16.5. The summed E-state index contributed by atoms with van der Waals surface area (Å²) in [7, 11) is 0. The van der Waals surface area contributed by atoms with Crippen LogP contribution >= 0.6 is 0 Å². The van der Waals surface area contributed by atoms with Crippen molar-refractivity contribution in [1.29, 1.82) is 0 Å². The molecule has 1 heterocycles. The zero-order valence-corrected chi connectivity index (χ0v) is 12.3. The molecule has 6 nitrogen and oxygen atoms in total. The fourth-order valence-corrected chi connectivity index (χ4v) is 2.49. The second kappa shape index (κ2) is 7.17. The van der Waals surface area contributed by atoms with Crippen molar-refractivity contribution in [3.63, 3.8) is 0 Å². The Kier molecular flexibility index (Phi) is 5.27. The SMILES string of the molecule is CCCC(CCO)CNc1cc2c(cc1N)OCC(=O)N2. The van der Waals surface area contributed by atoms with Crippen LogP contribution in [0.5, 0.6) is 5.75 Å². The number of amides is 1. The van der Waals surface area contributed by atoms with E-state index < -0.39 is 0 Å². The number of hydrogen-bond donors (Lipinski definition) is 4. The fourth-order valence-electron chi connectivity index (χ4n) is 2.49. The van der Waals surface area contributed by atoms with Gasteiger partial charge in [-0.3, -0.25) is 4.79 Å². The van der Waals surface area contributed by atoms with Crippen molar-refractivity contribution < 1.29 is 14.6 Å². The van der Waals surface area contributed by atoms with Crippen LogP contribution in [0.2, 0.25) is 0 Å². The summed E-state index contributed by atoms with van der Waals surface area (Å²) in [5.74, 6) is 0.835. The Hall–Kier alpha value is -1.95. The van der Waals surface area contributed by atoms with Gasteiger partial charge in [0.1, 0.15) is 5.75 Å². The topological polar surface area (TPSA) is 96.6 Å². The lowest BCUT2D eigenvalue weighted by molar-refractivity contribution is -0.118. The van der Waals surface area contributed by atoms with Crippen LogP contribution < -0.4 is 21.1 Å². The van der Waals surface area contributed by atoms with Crippen LogP contribution in [0.3, 0.4) is 0 Å². The number of ether oxygens (including phenoxy) is 1. The van der Waals surface area contributed by atoms with Crippen LogP contribution in [-0.4, -0.2) is 30.8 Å². The number of aliphatic hydroxyl groups excluding tert-OH is 1. The predicted molar refractivity (Wildman–Crippen MR) is 83.6 cm³/mol. The number of carbonyl (C=O) groups excluding carboxylic acids is 1. The maximum atomic E-state index is 11.3. The van der Waals surface area contributed by atoms with E-state index in [-0.39, 0.29) is 19.1 Å². The Balaban J connectivity index is 2.05. The molecule has 0 aliphatic carbocycles. The molecule has 0 aromatic heterocycles. The van der Waals surface area contributed by atoms with E-state index in [0.717, 1.165) is 31.5 Å². The summed E-state index contributed by atoms with van der Waals surface area (Å²) in [5, 5.41) is 15.2. The second-order valence-electron chi connectivity index (χ2n) is 5.32. The predicted octanol–water partition coefficient (Wildman–Crippen LogP) is 1.81. The molecule has 116 valence electrons. The standard InChI is InChI=1S/C15H23N3O3/c1-2-3-10(4-5-19)8-17-12-7-13-14(6-11(12)16)21-9-15(20)18-13/h6-7,10,17,19H,2-5,8-9,16H2,1H3,(H,18,20). The number of nitrogens with one attached hydrogen (secondary N) is 2. The molecule has 1 aromatic rings. The van der Waals surface area contributed by atoms with E-state index in [0.29, 0.717) is 23.0 Å². The van der Waals surface area contributed by atoms with Crippen LogP contribution in [0.15, 0.2) is 12.1 Å². The molecule has 21 heavy (non-hydrogen) atoms.